The third kappa shape index (κ3) is 1.55. The molecule has 0 aliphatic heterocycles. The largest absolute Gasteiger partial charge is 0.115 e. The van der Waals surface area contributed by atoms with Gasteiger partial charge in [0.25, 0.3) is 0 Å². The smallest absolute Gasteiger partial charge is 0.0312 e. The van der Waals surface area contributed by atoms with Crippen molar-refractivity contribution in [2.24, 2.45) is 0 Å². The number of rotatable bonds is 2. The minimum Gasteiger partial charge on any atom is -0.115 e. The number of hydrogen-bond donors (Lipinski definition) is 0. The maximum atomic E-state index is 5.60. The van der Waals surface area contributed by atoms with Gasteiger partial charge in [0.15, 0.2) is 0 Å². The van der Waals surface area contributed by atoms with E-state index in [2.05, 4.69) is 38.0 Å². The zero-order valence-corrected chi connectivity index (χ0v) is 8.88. The third-order valence-corrected chi connectivity index (χ3v) is 2.91. The highest BCUT2D eigenvalue weighted by Gasteiger charge is 2.26. The maximum absolute atomic E-state index is 5.60. The van der Waals surface area contributed by atoms with Crippen molar-refractivity contribution in [3.63, 3.8) is 0 Å². The van der Waals surface area contributed by atoms with Crippen LogP contribution in [-0.2, 0) is 0 Å². The molecule has 0 atom stereocenters. The van der Waals surface area contributed by atoms with Crippen LogP contribution >= 0.6 is 0 Å². The molecule has 0 amide bonds. The van der Waals surface area contributed by atoms with Crippen molar-refractivity contribution in [1.29, 1.82) is 0 Å². The fraction of sp³-hybridized carbons (Fsp3) is 0.429. The second-order valence-electron chi connectivity index (χ2n) is 4.38. The van der Waals surface area contributed by atoms with Crippen LogP contribution in [0.4, 0.5) is 0 Å². The molecule has 1 aromatic rings. The van der Waals surface area contributed by atoms with Crippen LogP contribution in [0.25, 0.3) is 0 Å². The predicted octanol–water partition coefficient (Wildman–Crippen LogP) is 3.67. The van der Waals surface area contributed by atoms with Crippen LogP contribution in [0.5, 0.6) is 0 Å². The molecular formula is C14H16. The molecule has 1 aliphatic rings. The zero-order valence-electron chi connectivity index (χ0n) is 8.88. The van der Waals surface area contributed by atoms with Crippen LogP contribution in [-0.4, -0.2) is 0 Å². The van der Waals surface area contributed by atoms with Gasteiger partial charge in [-0.1, -0.05) is 38.0 Å². The van der Waals surface area contributed by atoms with Gasteiger partial charge < -0.3 is 0 Å². The van der Waals surface area contributed by atoms with E-state index in [0.29, 0.717) is 5.92 Å². The first kappa shape index (κ1) is 9.34. The first-order valence-corrected chi connectivity index (χ1v) is 5.33. The first-order valence-electron chi connectivity index (χ1n) is 5.33. The van der Waals surface area contributed by atoms with E-state index in [1.807, 2.05) is 0 Å². The quantitative estimate of drug-likeness (QED) is 0.615. The second kappa shape index (κ2) is 3.50. The number of benzene rings is 1. The van der Waals surface area contributed by atoms with Gasteiger partial charge in [-0.25, -0.2) is 0 Å². The van der Waals surface area contributed by atoms with Gasteiger partial charge >= 0.3 is 0 Å². The molecule has 0 saturated heterocycles. The van der Waals surface area contributed by atoms with Gasteiger partial charge in [0.2, 0.25) is 0 Å². The molecule has 72 valence electrons. The molecule has 1 fully saturated rings. The topological polar surface area (TPSA) is 0 Å². The van der Waals surface area contributed by atoms with Crippen LogP contribution in [0.1, 0.15) is 55.2 Å². The lowest BCUT2D eigenvalue weighted by atomic mass is 9.92. The summed E-state index contributed by atoms with van der Waals surface area (Å²) in [6.07, 6.45) is 8.24. The summed E-state index contributed by atoms with van der Waals surface area (Å²) in [7, 11) is 0. The Kier molecular flexibility index (Phi) is 2.33. The summed E-state index contributed by atoms with van der Waals surface area (Å²) in [4.78, 5) is 0. The Labute approximate surface area is 86.3 Å². The van der Waals surface area contributed by atoms with Crippen molar-refractivity contribution < 1.29 is 0 Å². The van der Waals surface area contributed by atoms with E-state index in [4.69, 9.17) is 6.42 Å². The zero-order chi connectivity index (χ0) is 10.1. The van der Waals surface area contributed by atoms with Crippen LogP contribution in [0.2, 0.25) is 0 Å². The van der Waals surface area contributed by atoms with E-state index in [-0.39, 0.29) is 0 Å². The first-order chi connectivity index (χ1) is 6.74. The van der Waals surface area contributed by atoms with Crippen molar-refractivity contribution in [2.75, 3.05) is 0 Å². The van der Waals surface area contributed by atoms with Crippen molar-refractivity contribution in [2.45, 2.75) is 38.5 Å². The van der Waals surface area contributed by atoms with Gasteiger partial charge in [0.05, 0.1) is 0 Å². The maximum Gasteiger partial charge on any atom is 0.0312 e. The van der Waals surface area contributed by atoms with Gasteiger partial charge in [-0.2, -0.15) is 0 Å². The van der Waals surface area contributed by atoms with E-state index < -0.39 is 0 Å². The van der Waals surface area contributed by atoms with Gasteiger partial charge in [-0.05, 0) is 35.8 Å². The standard InChI is InChI=1S/C14H16/c1-4-12-13(10(2)3)6-5-7-14(12)11-8-9-11/h1,5-7,10-11H,8-9H2,2-3H3. The average Bonchev–Trinajstić information content (AvgIpc) is 2.99. The summed E-state index contributed by atoms with van der Waals surface area (Å²) >= 11 is 0. The fourth-order valence-corrected chi connectivity index (χ4v) is 1.97. The molecule has 0 aromatic heterocycles. The van der Waals surface area contributed by atoms with Crippen molar-refractivity contribution in [1.82, 2.24) is 0 Å². The molecule has 1 aromatic carbocycles. The SMILES string of the molecule is C#Cc1c(C(C)C)cccc1C1CC1. The molecule has 0 spiro atoms. The van der Waals surface area contributed by atoms with Crippen LogP contribution in [0.3, 0.4) is 0 Å². The molecule has 2 rings (SSSR count). The molecule has 1 saturated carbocycles. The van der Waals surface area contributed by atoms with Crippen LogP contribution in [0.15, 0.2) is 18.2 Å². The molecule has 0 radical (unpaired) electrons. The lowest BCUT2D eigenvalue weighted by Crippen LogP contribution is -1.96. The van der Waals surface area contributed by atoms with Gasteiger partial charge in [-0.3, -0.25) is 0 Å². The molecule has 14 heavy (non-hydrogen) atoms. The highest BCUT2D eigenvalue weighted by molar-refractivity contribution is 5.50. The minimum absolute atomic E-state index is 0.528. The normalized spacial score (nSPS) is 15.6. The van der Waals surface area contributed by atoms with Gasteiger partial charge in [0, 0.05) is 5.56 Å². The summed E-state index contributed by atoms with van der Waals surface area (Å²) in [5.41, 5.74) is 3.89. The summed E-state index contributed by atoms with van der Waals surface area (Å²) in [6, 6.07) is 6.49. The summed E-state index contributed by atoms with van der Waals surface area (Å²) in [5.74, 6) is 4.14. The molecule has 0 nitrogen and oxygen atoms in total. The predicted molar refractivity (Wildman–Crippen MR) is 60.4 cm³/mol. The Balaban J connectivity index is 2.51. The van der Waals surface area contributed by atoms with E-state index in [1.54, 1.807) is 0 Å². The summed E-state index contributed by atoms with van der Waals surface area (Å²) in [5, 5.41) is 0. The third-order valence-electron chi connectivity index (χ3n) is 2.91. The van der Waals surface area contributed by atoms with E-state index in [1.165, 1.54) is 24.0 Å². The van der Waals surface area contributed by atoms with Crippen molar-refractivity contribution in [3.8, 4) is 12.3 Å². The monoisotopic (exact) mass is 184 g/mol. The molecular weight excluding hydrogens is 168 g/mol. The fourth-order valence-electron chi connectivity index (χ4n) is 1.97. The second-order valence-corrected chi connectivity index (χ2v) is 4.38. The molecule has 0 N–H and O–H groups in total. The molecule has 0 heterocycles. The molecule has 0 bridgehead atoms. The van der Waals surface area contributed by atoms with Gasteiger partial charge in [-0.15, -0.1) is 6.42 Å². The number of hydrogen-bond acceptors (Lipinski definition) is 0. The molecule has 0 heteroatoms. The lowest BCUT2D eigenvalue weighted by molar-refractivity contribution is 0.857. The van der Waals surface area contributed by atoms with Crippen LogP contribution in [0, 0.1) is 12.3 Å². The van der Waals surface area contributed by atoms with E-state index >= 15 is 0 Å². The highest BCUT2D eigenvalue weighted by atomic mass is 14.3. The summed E-state index contributed by atoms with van der Waals surface area (Å²) in [6.45, 7) is 4.40. The minimum atomic E-state index is 0.528. The lowest BCUT2D eigenvalue weighted by Gasteiger charge is -2.12. The molecule has 0 unspecified atom stereocenters. The Hall–Kier alpha value is -1.22. The Bertz CT molecular complexity index is 355. The van der Waals surface area contributed by atoms with Crippen molar-refractivity contribution in [3.05, 3.63) is 34.9 Å². The summed E-state index contributed by atoms with van der Waals surface area (Å²) < 4.78 is 0. The Morgan fingerprint density at radius 2 is 2.07 bits per heavy atom. The Morgan fingerprint density at radius 1 is 1.36 bits per heavy atom. The van der Waals surface area contributed by atoms with Gasteiger partial charge in [0.1, 0.15) is 0 Å². The molecule has 1 aliphatic carbocycles. The van der Waals surface area contributed by atoms with Crippen LogP contribution < -0.4 is 0 Å². The van der Waals surface area contributed by atoms with E-state index in [9.17, 15) is 0 Å². The van der Waals surface area contributed by atoms with Crippen molar-refractivity contribution >= 4 is 0 Å². The average molecular weight is 184 g/mol. The van der Waals surface area contributed by atoms with E-state index in [0.717, 1.165) is 11.5 Å². The number of terminal acetylenes is 1. The Morgan fingerprint density at radius 3 is 2.57 bits per heavy atom. The highest BCUT2D eigenvalue weighted by Crippen LogP contribution is 2.42.